The van der Waals surface area contributed by atoms with E-state index in [1.807, 2.05) is 6.08 Å². The summed E-state index contributed by atoms with van der Waals surface area (Å²) in [5.41, 5.74) is 5.63. The molecule has 0 radical (unpaired) electrons. The van der Waals surface area contributed by atoms with Crippen LogP contribution in [0.3, 0.4) is 0 Å². The third-order valence-corrected chi connectivity index (χ3v) is 9.34. The Balaban J connectivity index is 1.39. The lowest BCUT2D eigenvalue weighted by molar-refractivity contribution is -0.141. The van der Waals surface area contributed by atoms with Gasteiger partial charge in [0.15, 0.2) is 5.78 Å². The van der Waals surface area contributed by atoms with Gasteiger partial charge in [-0.3, -0.25) is 15.1 Å². The number of hydrogen-bond acceptors (Lipinski definition) is 4. The van der Waals surface area contributed by atoms with E-state index in [0.717, 1.165) is 44.0 Å². The van der Waals surface area contributed by atoms with E-state index in [1.54, 1.807) is 0 Å². The van der Waals surface area contributed by atoms with Crippen molar-refractivity contribution in [3.63, 3.8) is 0 Å². The van der Waals surface area contributed by atoms with Crippen molar-refractivity contribution in [2.24, 2.45) is 34.5 Å². The van der Waals surface area contributed by atoms with Crippen molar-refractivity contribution in [1.29, 1.82) is 0 Å². The Bertz CT molecular complexity index is 709. The summed E-state index contributed by atoms with van der Waals surface area (Å²) in [7, 11) is 0. The summed E-state index contributed by atoms with van der Waals surface area (Å²) in [6.45, 7) is 11.2. The van der Waals surface area contributed by atoms with E-state index in [-0.39, 0.29) is 17.4 Å². The van der Waals surface area contributed by atoms with E-state index in [9.17, 15) is 4.79 Å². The Morgan fingerprint density at radius 2 is 2.04 bits per heavy atom. The predicted molar refractivity (Wildman–Crippen MR) is 110 cm³/mol. The first-order chi connectivity index (χ1) is 13.4. The van der Waals surface area contributed by atoms with Gasteiger partial charge in [0.2, 0.25) is 0 Å². The lowest BCUT2D eigenvalue weighted by Gasteiger charge is -2.59. The molecule has 5 unspecified atom stereocenters. The number of carbonyl (C=O) groups excluding carboxylic acids is 1. The monoisotopic (exact) mass is 384 g/mol. The van der Waals surface area contributed by atoms with Crippen LogP contribution in [0.2, 0.25) is 0 Å². The van der Waals surface area contributed by atoms with Crippen molar-refractivity contribution in [2.45, 2.75) is 71.3 Å². The first kappa shape index (κ1) is 18.9. The molecular formula is C24H36N2O2. The minimum Gasteiger partial charge on any atom is -0.314 e. The van der Waals surface area contributed by atoms with Gasteiger partial charge in [-0.1, -0.05) is 32.4 Å². The van der Waals surface area contributed by atoms with E-state index in [2.05, 4.69) is 31.2 Å². The maximum absolute atomic E-state index is 13.5. The first-order valence-corrected chi connectivity index (χ1v) is 11.5. The zero-order chi connectivity index (χ0) is 19.5. The Kier molecular flexibility index (Phi) is 4.52. The molecule has 1 saturated heterocycles. The fourth-order valence-corrected chi connectivity index (χ4v) is 7.70. The zero-order valence-electron chi connectivity index (χ0n) is 17.6. The summed E-state index contributed by atoms with van der Waals surface area (Å²) in [4.78, 5) is 19.4. The standard InChI is InChI=1S/C24H36N2O2/c1-15-11-18-19-5-4-8-23(19,2)9-6-20(18)24(3)21(15)12-16(13-22(24)27)26-28-17-7-10-25-14-17/h13,17-21,25-26H,1,4-12,14H2,2-3H3/t17?,18?,19?,20?,21?,23-,24+/m0/s1. The number of fused-ring (bicyclic) bond motifs is 5. The van der Waals surface area contributed by atoms with Gasteiger partial charge in [-0.05, 0) is 80.6 Å². The Morgan fingerprint density at radius 1 is 1.18 bits per heavy atom. The van der Waals surface area contributed by atoms with Crippen LogP contribution in [0.25, 0.3) is 0 Å². The molecule has 4 aliphatic carbocycles. The van der Waals surface area contributed by atoms with Gasteiger partial charge in [-0.25, -0.2) is 0 Å². The highest BCUT2D eigenvalue weighted by atomic mass is 16.7. The van der Waals surface area contributed by atoms with Gasteiger partial charge in [-0.2, -0.15) is 0 Å². The van der Waals surface area contributed by atoms with Crippen LogP contribution in [-0.2, 0) is 9.63 Å². The normalized spacial score (nSPS) is 47.9. The molecule has 1 heterocycles. The maximum Gasteiger partial charge on any atom is 0.164 e. The number of allylic oxidation sites excluding steroid dienone is 3. The molecule has 4 fully saturated rings. The molecule has 0 aromatic heterocycles. The van der Waals surface area contributed by atoms with Crippen molar-refractivity contribution < 1.29 is 9.63 Å². The summed E-state index contributed by atoms with van der Waals surface area (Å²) in [6, 6.07) is 0. The minimum absolute atomic E-state index is 0.196. The molecule has 0 aromatic carbocycles. The van der Waals surface area contributed by atoms with Gasteiger partial charge >= 0.3 is 0 Å². The molecule has 2 N–H and O–H groups in total. The molecule has 0 aromatic rings. The van der Waals surface area contributed by atoms with Crippen LogP contribution in [0.4, 0.5) is 0 Å². The quantitative estimate of drug-likeness (QED) is 0.567. The van der Waals surface area contributed by atoms with Gasteiger partial charge in [0, 0.05) is 23.7 Å². The Labute approximate surface area is 169 Å². The van der Waals surface area contributed by atoms with Crippen molar-refractivity contribution in [3.05, 3.63) is 23.9 Å². The number of rotatable bonds is 3. The number of ketones is 1. The lowest BCUT2D eigenvalue weighted by Crippen LogP contribution is -2.56. The van der Waals surface area contributed by atoms with Crippen LogP contribution < -0.4 is 10.8 Å². The molecule has 154 valence electrons. The fourth-order valence-electron chi connectivity index (χ4n) is 7.70. The molecule has 0 amide bonds. The van der Waals surface area contributed by atoms with E-state index in [0.29, 0.717) is 23.0 Å². The van der Waals surface area contributed by atoms with Gasteiger partial charge in [0.1, 0.15) is 0 Å². The lowest BCUT2D eigenvalue weighted by atomic mass is 9.45. The molecule has 5 rings (SSSR count). The molecule has 7 atom stereocenters. The van der Waals surface area contributed by atoms with Crippen molar-refractivity contribution in [1.82, 2.24) is 10.8 Å². The van der Waals surface area contributed by atoms with E-state index >= 15 is 0 Å². The van der Waals surface area contributed by atoms with E-state index in [4.69, 9.17) is 4.84 Å². The van der Waals surface area contributed by atoms with Crippen LogP contribution in [0.15, 0.2) is 23.9 Å². The molecule has 1 aliphatic heterocycles. The highest BCUT2D eigenvalue weighted by Gasteiger charge is 2.60. The Hall–Kier alpha value is -1.13. The molecule has 3 saturated carbocycles. The van der Waals surface area contributed by atoms with Crippen LogP contribution in [0, 0.1) is 34.5 Å². The summed E-state index contributed by atoms with van der Waals surface area (Å²) < 4.78 is 0. The first-order valence-electron chi connectivity index (χ1n) is 11.5. The molecule has 0 bridgehead atoms. The second kappa shape index (κ2) is 6.70. The van der Waals surface area contributed by atoms with E-state index < -0.39 is 0 Å². The zero-order valence-corrected chi connectivity index (χ0v) is 17.6. The molecule has 5 aliphatic rings. The highest BCUT2D eigenvalue weighted by Crippen LogP contribution is 2.66. The van der Waals surface area contributed by atoms with Crippen LogP contribution in [0.5, 0.6) is 0 Å². The minimum atomic E-state index is -0.274. The van der Waals surface area contributed by atoms with Crippen LogP contribution in [0.1, 0.15) is 65.2 Å². The van der Waals surface area contributed by atoms with Crippen molar-refractivity contribution in [3.8, 4) is 0 Å². The smallest absolute Gasteiger partial charge is 0.164 e. The van der Waals surface area contributed by atoms with Gasteiger partial charge in [0.05, 0.1) is 6.10 Å². The van der Waals surface area contributed by atoms with Gasteiger partial charge in [0.25, 0.3) is 0 Å². The van der Waals surface area contributed by atoms with Crippen molar-refractivity contribution >= 4 is 5.78 Å². The molecule has 4 heteroatoms. The summed E-state index contributed by atoms with van der Waals surface area (Å²) in [5, 5.41) is 3.31. The topological polar surface area (TPSA) is 50.4 Å². The third kappa shape index (κ3) is 2.74. The predicted octanol–water partition coefficient (Wildman–Crippen LogP) is 4.14. The highest BCUT2D eigenvalue weighted by molar-refractivity contribution is 5.97. The summed E-state index contributed by atoms with van der Waals surface area (Å²) in [5.74, 6) is 2.52. The average Bonchev–Trinajstić information content (AvgIpc) is 3.31. The van der Waals surface area contributed by atoms with Crippen LogP contribution >= 0.6 is 0 Å². The van der Waals surface area contributed by atoms with E-state index in [1.165, 1.54) is 37.7 Å². The summed E-state index contributed by atoms with van der Waals surface area (Å²) in [6.07, 6.45) is 11.7. The number of hydroxylamine groups is 1. The maximum atomic E-state index is 13.5. The molecular weight excluding hydrogens is 348 g/mol. The van der Waals surface area contributed by atoms with Crippen LogP contribution in [-0.4, -0.2) is 25.0 Å². The third-order valence-electron chi connectivity index (χ3n) is 9.34. The molecule has 28 heavy (non-hydrogen) atoms. The fraction of sp³-hybridized carbons (Fsp3) is 0.792. The SMILES string of the molecule is C=C1CC2C3CCC[C@@]3(C)CCC2[C@@]2(C)C(=O)C=C(NOC3CCNC3)CC12. The molecule has 4 nitrogen and oxygen atoms in total. The van der Waals surface area contributed by atoms with Gasteiger partial charge < -0.3 is 5.32 Å². The Morgan fingerprint density at radius 3 is 2.82 bits per heavy atom. The van der Waals surface area contributed by atoms with Crippen molar-refractivity contribution in [2.75, 3.05) is 13.1 Å². The second-order valence-electron chi connectivity index (χ2n) is 10.7. The largest absolute Gasteiger partial charge is 0.314 e. The number of carbonyl (C=O) groups is 1. The average molecular weight is 385 g/mol. The van der Waals surface area contributed by atoms with Gasteiger partial charge in [-0.15, -0.1) is 0 Å². The molecule has 0 spiro atoms. The number of nitrogens with one attached hydrogen (secondary N) is 2. The number of hydrogen-bond donors (Lipinski definition) is 2. The summed E-state index contributed by atoms with van der Waals surface area (Å²) >= 11 is 0. The second-order valence-corrected chi connectivity index (χ2v) is 10.7.